The fourth-order valence-electron chi connectivity index (χ4n) is 4.38. The standard InChI is InChI=1S/C22H33N3O7/c1-5-29-19(26)18-10-17(32-24-18)13-30-20(27)23-7-6-14-8-15-11-25(12-16(15)9-14)21(28)31-22(2,3)4/h10,14-16H,5-9,11-13H2,1-4H3,(H,23,27). The third-order valence-corrected chi connectivity index (χ3v) is 5.71. The number of alkyl carbamates (subject to hydrolysis) is 1. The van der Waals surface area contributed by atoms with E-state index in [1.165, 1.54) is 6.07 Å². The lowest BCUT2D eigenvalue weighted by molar-refractivity contribution is 0.0277. The zero-order valence-electron chi connectivity index (χ0n) is 19.2. The van der Waals surface area contributed by atoms with E-state index in [4.69, 9.17) is 18.7 Å². The molecule has 0 radical (unpaired) electrons. The highest BCUT2D eigenvalue weighted by molar-refractivity contribution is 5.87. The van der Waals surface area contributed by atoms with Crippen LogP contribution in [-0.2, 0) is 20.8 Å². The van der Waals surface area contributed by atoms with Crippen molar-refractivity contribution in [3.63, 3.8) is 0 Å². The molecule has 10 heteroatoms. The highest BCUT2D eigenvalue weighted by Gasteiger charge is 2.43. The predicted octanol–water partition coefficient (Wildman–Crippen LogP) is 3.36. The highest BCUT2D eigenvalue weighted by Crippen LogP contribution is 2.43. The summed E-state index contributed by atoms with van der Waals surface area (Å²) in [6, 6.07) is 1.39. The summed E-state index contributed by atoms with van der Waals surface area (Å²) in [5.74, 6) is 1.20. The van der Waals surface area contributed by atoms with E-state index in [0.717, 1.165) is 32.4 Å². The lowest BCUT2D eigenvalue weighted by Crippen LogP contribution is -2.36. The van der Waals surface area contributed by atoms with Gasteiger partial charge in [-0.25, -0.2) is 14.4 Å². The molecule has 1 aromatic rings. The Morgan fingerprint density at radius 2 is 1.88 bits per heavy atom. The summed E-state index contributed by atoms with van der Waals surface area (Å²) in [6.07, 6.45) is 2.19. The first-order valence-electron chi connectivity index (χ1n) is 11.2. The molecule has 2 unspecified atom stereocenters. The largest absolute Gasteiger partial charge is 0.461 e. The van der Waals surface area contributed by atoms with Gasteiger partial charge in [-0.15, -0.1) is 0 Å². The van der Waals surface area contributed by atoms with Gasteiger partial charge in [0.2, 0.25) is 0 Å². The maximum atomic E-state index is 12.3. The number of likely N-dealkylation sites (tertiary alicyclic amines) is 1. The summed E-state index contributed by atoms with van der Waals surface area (Å²) in [5.41, 5.74) is -0.434. The van der Waals surface area contributed by atoms with Crippen LogP contribution in [0.1, 0.15) is 63.2 Å². The topological polar surface area (TPSA) is 120 Å². The van der Waals surface area contributed by atoms with Gasteiger partial charge in [-0.2, -0.15) is 0 Å². The molecular formula is C22H33N3O7. The maximum Gasteiger partial charge on any atom is 0.410 e. The van der Waals surface area contributed by atoms with E-state index in [1.807, 2.05) is 25.7 Å². The van der Waals surface area contributed by atoms with E-state index in [2.05, 4.69) is 10.5 Å². The summed E-state index contributed by atoms with van der Waals surface area (Å²) in [7, 11) is 0. The Kier molecular flexibility index (Phi) is 7.63. The van der Waals surface area contributed by atoms with Crippen molar-refractivity contribution in [2.75, 3.05) is 26.2 Å². The molecule has 178 valence electrons. The number of esters is 1. The van der Waals surface area contributed by atoms with Crippen molar-refractivity contribution < 1.29 is 33.1 Å². The fourth-order valence-corrected chi connectivity index (χ4v) is 4.38. The number of nitrogens with zero attached hydrogens (tertiary/aromatic N) is 2. The number of nitrogens with one attached hydrogen (secondary N) is 1. The van der Waals surface area contributed by atoms with Crippen molar-refractivity contribution in [3.05, 3.63) is 17.5 Å². The first-order chi connectivity index (χ1) is 15.1. The lowest BCUT2D eigenvalue weighted by atomic mass is 10.0. The highest BCUT2D eigenvalue weighted by atomic mass is 16.6. The number of amides is 2. The zero-order chi connectivity index (χ0) is 23.3. The first kappa shape index (κ1) is 23.9. The molecule has 1 aliphatic heterocycles. The van der Waals surface area contributed by atoms with Crippen molar-refractivity contribution in [1.29, 1.82) is 0 Å². The van der Waals surface area contributed by atoms with E-state index in [0.29, 0.717) is 24.3 Å². The van der Waals surface area contributed by atoms with Crippen LogP contribution < -0.4 is 5.32 Å². The molecule has 0 aromatic carbocycles. The monoisotopic (exact) mass is 451 g/mol. The van der Waals surface area contributed by atoms with Crippen LogP contribution in [0.15, 0.2) is 10.6 Å². The molecule has 1 N–H and O–H groups in total. The van der Waals surface area contributed by atoms with E-state index < -0.39 is 17.7 Å². The van der Waals surface area contributed by atoms with Gasteiger partial charge in [0.15, 0.2) is 18.1 Å². The zero-order valence-corrected chi connectivity index (χ0v) is 19.2. The molecule has 1 aliphatic carbocycles. The minimum atomic E-state index is -0.581. The van der Waals surface area contributed by atoms with Crippen molar-refractivity contribution in [1.82, 2.24) is 15.4 Å². The Balaban J connectivity index is 1.31. The summed E-state index contributed by atoms with van der Waals surface area (Å²) in [4.78, 5) is 37.5. The van der Waals surface area contributed by atoms with Crippen LogP contribution in [0.25, 0.3) is 0 Å². The summed E-state index contributed by atoms with van der Waals surface area (Å²) < 4.78 is 20.4. The molecule has 3 rings (SSSR count). The third-order valence-electron chi connectivity index (χ3n) is 5.71. The van der Waals surface area contributed by atoms with E-state index in [9.17, 15) is 14.4 Å². The number of carbonyl (C=O) groups excluding carboxylic acids is 3. The molecule has 2 atom stereocenters. The van der Waals surface area contributed by atoms with Crippen LogP contribution in [-0.4, -0.2) is 60.1 Å². The van der Waals surface area contributed by atoms with Crippen LogP contribution >= 0.6 is 0 Å². The van der Waals surface area contributed by atoms with Crippen LogP contribution in [0.4, 0.5) is 9.59 Å². The SMILES string of the molecule is CCOC(=O)c1cc(COC(=O)NCCC2CC3CN(C(=O)OC(C)(C)C)CC3C2)on1. The average molecular weight is 452 g/mol. The molecule has 1 saturated heterocycles. The number of aromatic nitrogens is 1. The van der Waals surface area contributed by atoms with Gasteiger partial charge in [0.25, 0.3) is 0 Å². The average Bonchev–Trinajstić information content (AvgIpc) is 3.40. The summed E-state index contributed by atoms with van der Waals surface area (Å²) in [5, 5.41) is 6.34. The molecular weight excluding hydrogens is 418 g/mol. The van der Waals surface area contributed by atoms with Gasteiger partial charge in [-0.1, -0.05) is 5.16 Å². The van der Waals surface area contributed by atoms with Crippen LogP contribution in [0.3, 0.4) is 0 Å². The van der Waals surface area contributed by atoms with Gasteiger partial charge >= 0.3 is 18.2 Å². The second-order valence-electron chi connectivity index (χ2n) is 9.43. The first-order valence-corrected chi connectivity index (χ1v) is 11.2. The molecule has 10 nitrogen and oxygen atoms in total. The Hall–Kier alpha value is -2.78. The second-order valence-corrected chi connectivity index (χ2v) is 9.43. The number of ether oxygens (including phenoxy) is 3. The van der Waals surface area contributed by atoms with E-state index in [-0.39, 0.29) is 30.8 Å². The number of hydrogen-bond donors (Lipinski definition) is 1. The molecule has 2 amide bonds. The Morgan fingerprint density at radius 3 is 2.50 bits per heavy atom. The Morgan fingerprint density at radius 1 is 1.19 bits per heavy atom. The van der Waals surface area contributed by atoms with Gasteiger partial charge in [0.05, 0.1) is 6.61 Å². The number of rotatable bonds is 7. The quantitative estimate of drug-likeness (QED) is 0.495. The van der Waals surface area contributed by atoms with Crippen LogP contribution in [0, 0.1) is 17.8 Å². The Bertz CT molecular complexity index is 803. The molecule has 1 saturated carbocycles. The van der Waals surface area contributed by atoms with E-state index >= 15 is 0 Å². The Labute approximate surface area is 187 Å². The van der Waals surface area contributed by atoms with Crippen LogP contribution in [0.5, 0.6) is 0 Å². The molecule has 1 aromatic heterocycles. The lowest BCUT2D eigenvalue weighted by Gasteiger charge is -2.25. The van der Waals surface area contributed by atoms with Gasteiger partial charge in [-0.05, 0) is 64.7 Å². The van der Waals surface area contributed by atoms with Crippen molar-refractivity contribution in [3.8, 4) is 0 Å². The van der Waals surface area contributed by atoms with Gasteiger partial charge in [0, 0.05) is 25.7 Å². The molecule has 2 fully saturated rings. The van der Waals surface area contributed by atoms with E-state index in [1.54, 1.807) is 6.92 Å². The molecule has 2 aliphatic rings. The predicted molar refractivity (Wildman–Crippen MR) is 113 cm³/mol. The molecule has 0 bridgehead atoms. The summed E-state index contributed by atoms with van der Waals surface area (Å²) >= 11 is 0. The third kappa shape index (κ3) is 6.61. The number of carbonyl (C=O) groups is 3. The maximum absolute atomic E-state index is 12.3. The second kappa shape index (κ2) is 10.2. The molecule has 0 spiro atoms. The van der Waals surface area contributed by atoms with Crippen molar-refractivity contribution in [2.24, 2.45) is 17.8 Å². The van der Waals surface area contributed by atoms with Crippen molar-refractivity contribution >= 4 is 18.2 Å². The van der Waals surface area contributed by atoms with Gasteiger partial charge in [0.1, 0.15) is 5.60 Å². The normalized spacial score (nSPS) is 22.4. The van der Waals surface area contributed by atoms with Gasteiger partial charge in [-0.3, -0.25) is 0 Å². The smallest absolute Gasteiger partial charge is 0.410 e. The van der Waals surface area contributed by atoms with Crippen molar-refractivity contribution in [2.45, 2.75) is 59.2 Å². The van der Waals surface area contributed by atoms with Crippen LogP contribution in [0.2, 0.25) is 0 Å². The number of hydrogen-bond acceptors (Lipinski definition) is 8. The van der Waals surface area contributed by atoms with Gasteiger partial charge < -0.3 is 29.0 Å². The molecule has 2 heterocycles. The number of fused-ring (bicyclic) bond motifs is 1. The summed E-state index contributed by atoms with van der Waals surface area (Å²) in [6.45, 7) is 9.46. The minimum absolute atomic E-state index is 0.0443. The molecule has 32 heavy (non-hydrogen) atoms. The fraction of sp³-hybridized carbons (Fsp3) is 0.727. The minimum Gasteiger partial charge on any atom is -0.461 e.